The number of halogens is 2. The fraction of sp³-hybridized carbons (Fsp3) is 0.333. The van der Waals surface area contributed by atoms with E-state index in [9.17, 15) is 14.0 Å². The van der Waals surface area contributed by atoms with Gasteiger partial charge in [-0.1, -0.05) is 19.1 Å². The summed E-state index contributed by atoms with van der Waals surface area (Å²) in [5.41, 5.74) is 0.742. The molecule has 150 valence electrons. The third-order valence-corrected chi connectivity index (χ3v) is 4.90. The molecule has 2 aromatic carbocycles. The summed E-state index contributed by atoms with van der Waals surface area (Å²) in [5.74, 6) is -0.281. The first-order valence-electron chi connectivity index (χ1n) is 9.14. The lowest BCUT2D eigenvalue weighted by atomic mass is 10.1. The Balaban J connectivity index is 2.16. The Hall–Kier alpha value is -2.16. The van der Waals surface area contributed by atoms with Crippen molar-refractivity contribution < 1.29 is 18.7 Å². The minimum atomic E-state index is -0.627. The fourth-order valence-electron chi connectivity index (χ4n) is 2.76. The van der Waals surface area contributed by atoms with E-state index in [1.54, 1.807) is 24.3 Å². The Labute approximate surface area is 178 Å². The van der Waals surface area contributed by atoms with E-state index in [1.807, 2.05) is 26.0 Å². The minimum absolute atomic E-state index is 0.183. The van der Waals surface area contributed by atoms with Crippen LogP contribution in [0.3, 0.4) is 0 Å². The van der Waals surface area contributed by atoms with Crippen LogP contribution in [0, 0.1) is 9.39 Å². The van der Waals surface area contributed by atoms with Crippen molar-refractivity contribution in [3.05, 3.63) is 63.5 Å². The first-order valence-corrected chi connectivity index (χ1v) is 10.2. The average molecular weight is 498 g/mol. The van der Waals surface area contributed by atoms with E-state index in [0.29, 0.717) is 18.7 Å². The van der Waals surface area contributed by atoms with E-state index >= 15 is 0 Å². The molecule has 1 unspecified atom stereocenters. The van der Waals surface area contributed by atoms with Crippen molar-refractivity contribution >= 4 is 34.4 Å². The van der Waals surface area contributed by atoms with Crippen molar-refractivity contribution in [2.45, 2.75) is 32.9 Å². The van der Waals surface area contributed by atoms with E-state index in [1.165, 1.54) is 17.0 Å². The van der Waals surface area contributed by atoms with Crippen molar-refractivity contribution in [3.8, 4) is 5.75 Å². The van der Waals surface area contributed by atoms with Gasteiger partial charge in [0.25, 0.3) is 5.91 Å². The van der Waals surface area contributed by atoms with Gasteiger partial charge >= 0.3 is 0 Å². The average Bonchev–Trinajstić information content (AvgIpc) is 2.69. The molecule has 5 nitrogen and oxygen atoms in total. The molecule has 0 aromatic heterocycles. The summed E-state index contributed by atoms with van der Waals surface area (Å²) in [6.07, 6.45) is 0.461. The third kappa shape index (κ3) is 6.47. The second kappa shape index (κ2) is 11.0. The third-order valence-electron chi connectivity index (χ3n) is 4.18. The molecule has 2 aromatic rings. The summed E-state index contributed by atoms with van der Waals surface area (Å²) >= 11 is 2.19. The van der Waals surface area contributed by atoms with Gasteiger partial charge in [-0.25, -0.2) is 4.39 Å². The first kappa shape index (κ1) is 22.1. The maximum atomic E-state index is 13.2. The molecule has 2 rings (SSSR count). The maximum absolute atomic E-state index is 13.2. The number of nitrogens with zero attached hydrogens (tertiary/aromatic N) is 1. The molecular formula is C21H24FIN2O3. The van der Waals surface area contributed by atoms with Crippen LogP contribution in [0.1, 0.15) is 25.8 Å². The molecule has 0 aliphatic heterocycles. The van der Waals surface area contributed by atoms with Gasteiger partial charge in [-0.2, -0.15) is 0 Å². The van der Waals surface area contributed by atoms with Gasteiger partial charge in [-0.05, 0) is 77.9 Å². The molecule has 2 amide bonds. The van der Waals surface area contributed by atoms with Gasteiger partial charge in [0.05, 0.1) is 0 Å². The monoisotopic (exact) mass is 498 g/mol. The van der Waals surface area contributed by atoms with Gasteiger partial charge < -0.3 is 15.0 Å². The normalized spacial score (nSPS) is 11.6. The van der Waals surface area contributed by atoms with Gasteiger partial charge in [-0.15, -0.1) is 0 Å². The van der Waals surface area contributed by atoms with Gasteiger partial charge in [0, 0.05) is 16.7 Å². The Morgan fingerprint density at radius 3 is 2.32 bits per heavy atom. The van der Waals surface area contributed by atoms with Crippen molar-refractivity contribution in [2.75, 3.05) is 13.2 Å². The number of carbonyl (C=O) groups excluding carboxylic acids is 2. The zero-order valence-corrected chi connectivity index (χ0v) is 18.1. The van der Waals surface area contributed by atoms with Gasteiger partial charge in [0.2, 0.25) is 5.91 Å². The lowest BCUT2D eigenvalue weighted by Crippen LogP contribution is -2.50. The number of hydrogen-bond acceptors (Lipinski definition) is 3. The van der Waals surface area contributed by atoms with Crippen LogP contribution in [-0.2, 0) is 16.1 Å². The second-order valence-corrected chi connectivity index (χ2v) is 7.45. The highest BCUT2D eigenvalue weighted by molar-refractivity contribution is 14.1. The summed E-state index contributed by atoms with van der Waals surface area (Å²) in [5, 5.41) is 2.77. The Kier molecular flexibility index (Phi) is 8.69. The lowest BCUT2D eigenvalue weighted by Gasteiger charge is -2.30. The van der Waals surface area contributed by atoms with Crippen LogP contribution in [0.15, 0.2) is 48.5 Å². The SMILES string of the molecule is CCNC(=O)C(CC)N(Cc1ccc(F)cc1)C(=O)COc1ccc(I)cc1. The molecule has 0 fully saturated rings. The highest BCUT2D eigenvalue weighted by atomic mass is 127. The van der Waals surface area contributed by atoms with Crippen LogP contribution in [0.25, 0.3) is 0 Å². The number of likely N-dealkylation sites (N-methyl/N-ethyl adjacent to an activating group) is 1. The predicted molar refractivity (Wildman–Crippen MR) is 114 cm³/mol. The number of ether oxygens (including phenoxy) is 1. The topological polar surface area (TPSA) is 58.6 Å². The summed E-state index contributed by atoms with van der Waals surface area (Å²) in [4.78, 5) is 26.9. The summed E-state index contributed by atoms with van der Waals surface area (Å²) in [6.45, 7) is 4.18. The minimum Gasteiger partial charge on any atom is -0.484 e. The van der Waals surface area contributed by atoms with E-state index in [0.717, 1.165) is 9.13 Å². The molecule has 0 radical (unpaired) electrons. The lowest BCUT2D eigenvalue weighted by molar-refractivity contribution is -0.142. The summed E-state index contributed by atoms with van der Waals surface area (Å²) in [7, 11) is 0. The highest BCUT2D eigenvalue weighted by Crippen LogP contribution is 2.16. The molecule has 0 aliphatic carbocycles. The molecule has 7 heteroatoms. The number of hydrogen-bond donors (Lipinski definition) is 1. The summed E-state index contributed by atoms with van der Waals surface area (Å²) < 4.78 is 19.9. The molecule has 0 spiro atoms. The van der Waals surface area contributed by atoms with Crippen molar-refractivity contribution in [3.63, 3.8) is 0 Å². The van der Waals surface area contributed by atoms with Crippen molar-refractivity contribution in [1.29, 1.82) is 0 Å². The highest BCUT2D eigenvalue weighted by Gasteiger charge is 2.28. The summed E-state index contributed by atoms with van der Waals surface area (Å²) in [6, 6.07) is 12.6. The number of benzene rings is 2. The van der Waals surface area contributed by atoms with Crippen LogP contribution < -0.4 is 10.1 Å². The fourth-order valence-corrected chi connectivity index (χ4v) is 3.12. The van der Waals surface area contributed by atoms with Crippen molar-refractivity contribution in [2.24, 2.45) is 0 Å². The molecule has 0 aliphatic rings. The van der Waals surface area contributed by atoms with E-state index in [-0.39, 0.29) is 30.8 Å². The zero-order valence-electron chi connectivity index (χ0n) is 16.0. The van der Waals surface area contributed by atoms with Crippen LogP contribution in [0.2, 0.25) is 0 Å². The molecule has 1 N–H and O–H groups in total. The Bertz CT molecular complexity index is 781. The zero-order chi connectivity index (χ0) is 20.5. The smallest absolute Gasteiger partial charge is 0.261 e. The molecule has 0 saturated heterocycles. The Morgan fingerprint density at radius 1 is 1.11 bits per heavy atom. The number of rotatable bonds is 9. The van der Waals surface area contributed by atoms with Crippen LogP contribution >= 0.6 is 22.6 Å². The second-order valence-electron chi connectivity index (χ2n) is 6.21. The van der Waals surface area contributed by atoms with Gasteiger partial charge in [0.1, 0.15) is 17.6 Å². The number of carbonyl (C=O) groups is 2. The number of amides is 2. The van der Waals surface area contributed by atoms with E-state index in [4.69, 9.17) is 4.74 Å². The molecule has 0 saturated carbocycles. The molecule has 0 bridgehead atoms. The van der Waals surface area contributed by atoms with Gasteiger partial charge in [-0.3, -0.25) is 9.59 Å². The van der Waals surface area contributed by atoms with E-state index in [2.05, 4.69) is 27.9 Å². The van der Waals surface area contributed by atoms with Crippen LogP contribution in [0.5, 0.6) is 5.75 Å². The number of nitrogens with one attached hydrogen (secondary N) is 1. The van der Waals surface area contributed by atoms with Gasteiger partial charge in [0.15, 0.2) is 6.61 Å². The first-order chi connectivity index (χ1) is 13.4. The standard InChI is InChI=1S/C21H24FIN2O3/c1-3-19(21(27)24-4-2)25(13-15-5-7-16(22)8-6-15)20(26)14-28-18-11-9-17(23)10-12-18/h5-12,19H,3-4,13-14H2,1-2H3,(H,24,27). The largest absolute Gasteiger partial charge is 0.484 e. The predicted octanol–water partition coefficient (Wildman–Crippen LogP) is 3.75. The molecular weight excluding hydrogens is 474 g/mol. The molecule has 1 atom stereocenters. The van der Waals surface area contributed by atoms with Crippen LogP contribution in [0.4, 0.5) is 4.39 Å². The van der Waals surface area contributed by atoms with Crippen molar-refractivity contribution in [1.82, 2.24) is 10.2 Å². The van der Waals surface area contributed by atoms with E-state index < -0.39 is 6.04 Å². The maximum Gasteiger partial charge on any atom is 0.261 e. The van der Waals surface area contributed by atoms with Crippen LogP contribution in [-0.4, -0.2) is 35.9 Å². The molecule has 28 heavy (non-hydrogen) atoms. The molecule has 0 heterocycles. The Morgan fingerprint density at radius 2 is 1.75 bits per heavy atom. The quantitative estimate of drug-likeness (QED) is 0.536.